The molecule has 1 atom stereocenters. The molecular weight excluding hydrogens is 228 g/mol. The van der Waals surface area contributed by atoms with Crippen molar-refractivity contribution in [2.45, 2.75) is 33.2 Å². The standard InChI is InChI=1S/C14H18N2O2/c1-9(2)7-12(14(17)18)16-13-10(3)5-4-6-11(13)8-15/h4-6,9,12,16H,7H2,1-3H3,(H,17,18). The summed E-state index contributed by atoms with van der Waals surface area (Å²) >= 11 is 0. The molecule has 96 valence electrons. The molecule has 1 aromatic carbocycles. The number of nitriles is 1. The fourth-order valence-electron chi connectivity index (χ4n) is 1.82. The molecule has 0 amide bonds. The average molecular weight is 246 g/mol. The third-order valence-corrected chi connectivity index (χ3v) is 2.72. The van der Waals surface area contributed by atoms with Gasteiger partial charge < -0.3 is 10.4 Å². The Morgan fingerprint density at radius 2 is 2.17 bits per heavy atom. The average Bonchev–Trinajstić information content (AvgIpc) is 2.29. The molecule has 2 N–H and O–H groups in total. The van der Waals surface area contributed by atoms with Crippen LogP contribution < -0.4 is 5.32 Å². The Morgan fingerprint density at radius 3 is 2.67 bits per heavy atom. The highest BCUT2D eigenvalue weighted by Crippen LogP contribution is 2.22. The topological polar surface area (TPSA) is 73.1 Å². The van der Waals surface area contributed by atoms with Crippen LogP contribution in [-0.2, 0) is 4.79 Å². The van der Waals surface area contributed by atoms with Crippen molar-refractivity contribution in [3.05, 3.63) is 29.3 Å². The number of benzene rings is 1. The van der Waals surface area contributed by atoms with E-state index < -0.39 is 12.0 Å². The zero-order valence-corrected chi connectivity index (χ0v) is 10.9. The van der Waals surface area contributed by atoms with Crippen LogP contribution >= 0.6 is 0 Å². The fraction of sp³-hybridized carbons (Fsp3) is 0.429. The summed E-state index contributed by atoms with van der Waals surface area (Å²) < 4.78 is 0. The number of aryl methyl sites for hydroxylation is 1. The minimum atomic E-state index is -0.893. The van der Waals surface area contributed by atoms with Crippen LogP contribution in [0.4, 0.5) is 5.69 Å². The van der Waals surface area contributed by atoms with Gasteiger partial charge in [0.2, 0.25) is 0 Å². The molecule has 0 aromatic heterocycles. The summed E-state index contributed by atoms with van der Waals surface area (Å²) in [4.78, 5) is 11.2. The molecule has 0 fully saturated rings. The molecule has 0 saturated heterocycles. The molecular formula is C14H18N2O2. The molecule has 0 saturated carbocycles. The van der Waals surface area contributed by atoms with E-state index in [0.29, 0.717) is 17.7 Å². The van der Waals surface area contributed by atoms with E-state index in [1.165, 1.54) is 0 Å². The SMILES string of the molecule is Cc1cccc(C#N)c1NC(CC(C)C)C(=O)O. The summed E-state index contributed by atoms with van der Waals surface area (Å²) in [5, 5.41) is 21.2. The van der Waals surface area contributed by atoms with Gasteiger partial charge in [-0.2, -0.15) is 5.26 Å². The van der Waals surface area contributed by atoms with Crippen LogP contribution in [0.15, 0.2) is 18.2 Å². The van der Waals surface area contributed by atoms with Crippen LogP contribution in [0.5, 0.6) is 0 Å². The second kappa shape index (κ2) is 6.06. The smallest absolute Gasteiger partial charge is 0.326 e. The predicted octanol–water partition coefficient (Wildman–Crippen LogP) is 2.78. The van der Waals surface area contributed by atoms with E-state index in [9.17, 15) is 9.90 Å². The van der Waals surface area contributed by atoms with Gasteiger partial charge in [-0.25, -0.2) is 4.79 Å². The van der Waals surface area contributed by atoms with E-state index >= 15 is 0 Å². The fourth-order valence-corrected chi connectivity index (χ4v) is 1.82. The van der Waals surface area contributed by atoms with E-state index in [0.717, 1.165) is 5.56 Å². The van der Waals surface area contributed by atoms with Crippen LogP contribution in [-0.4, -0.2) is 17.1 Å². The van der Waals surface area contributed by atoms with Crippen molar-refractivity contribution in [2.75, 3.05) is 5.32 Å². The van der Waals surface area contributed by atoms with Crippen molar-refractivity contribution in [2.24, 2.45) is 5.92 Å². The van der Waals surface area contributed by atoms with Gasteiger partial charge in [-0.1, -0.05) is 26.0 Å². The zero-order chi connectivity index (χ0) is 13.7. The van der Waals surface area contributed by atoms with E-state index in [1.54, 1.807) is 12.1 Å². The van der Waals surface area contributed by atoms with Crippen molar-refractivity contribution in [3.63, 3.8) is 0 Å². The number of nitrogens with one attached hydrogen (secondary N) is 1. The first-order valence-corrected chi connectivity index (χ1v) is 5.94. The highest BCUT2D eigenvalue weighted by Gasteiger charge is 2.20. The molecule has 0 spiro atoms. The largest absolute Gasteiger partial charge is 0.480 e. The van der Waals surface area contributed by atoms with Gasteiger partial charge in [-0.05, 0) is 30.9 Å². The van der Waals surface area contributed by atoms with Crippen LogP contribution in [0.25, 0.3) is 0 Å². The van der Waals surface area contributed by atoms with Gasteiger partial charge in [0.1, 0.15) is 12.1 Å². The molecule has 0 aliphatic heterocycles. The first kappa shape index (κ1) is 14.0. The molecule has 4 heteroatoms. The van der Waals surface area contributed by atoms with Crippen LogP contribution in [0, 0.1) is 24.2 Å². The third-order valence-electron chi connectivity index (χ3n) is 2.72. The lowest BCUT2D eigenvalue weighted by atomic mass is 10.0. The lowest BCUT2D eigenvalue weighted by molar-refractivity contribution is -0.138. The van der Waals surface area contributed by atoms with Gasteiger partial charge in [0.25, 0.3) is 0 Å². The molecule has 1 aromatic rings. The van der Waals surface area contributed by atoms with Gasteiger partial charge in [0.15, 0.2) is 0 Å². The van der Waals surface area contributed by atoms with E-state index in [4.69, 9.17) is 5.26 Å². The van der Waals surface area contributed by atoms with Crippen molar-refractivity contribution in [3.8, 4) is 6.07 Å². The summed E-state index contributed by atoms with van der Waals surface area (Å²) in [5.74, 6) is -0.621. The molecule has 0 heterocycles. The number of carboxylic acid groups (broad SMARTS) is 1. The molecule has 4 nitrogen and oxygen atoms in total. The number of nitrogens with zero attached hydrogens (tertiary/aromatic N) is 1. The maximum atomic E-state index is 11.2. The minimum absolute atomic E-state index is 0.271. The number of anilines is 1. The normalized spacial score (nSPS) is 11.9. The number of para-hydroxylation sites is 1. The quantitative estimate of drug-likeness (QED) is 0.837. The number of rotatable bonds is 5. The summed E-state index contributed by atoms with van der Waals surface area (Å²) in [6, 6.07) is 6.74. The maximum absolute atomic E-state index is 11.2. The van der Waals surface area contributed by atoms with Gasteiger partial charge in [0.05, 0.1) is 11.3 Å². The second-order valence-corrected chi connectivity index (χ2v) is 4.77. The van der Waals surface area contributed by atoms with E-state index in [-0.39, 0.29) is 5.92 Å². The van der Waals surface area contributed by atoms with Crippen LogP contribution in [0.3, 0.4) is 0 Å². The molecule has 0 aliphatic rings. The summed E-state index contributed by atoms with van der Waals surface area (Å²) in [6.45, 7) is 5.80. The zero-order valence-electron chi connectivity index (χ0n) is 10.9. The van der Waals surface area contributed by atoms with Crippen molar-refractivity contribution in [1.29, 1.82) is 5.26 Å². The number of carboxylic acids is 1. The Bertz CT molecular complexity index is 475. The lowest BCUT2D eigenvalue weighted by Crippen LogP contribution is -2.31. The number of hydrogen-bond donors (Lipinski definition) is 2. The molecule has 0 radical (unpaired) electrons. The first-order chi connectivity index (χ1) is 8.45. The van der Waals surface area contributed by atoms with Gasteiger partial charge >= 0.3 is 5.97 Å². The Morgan fingerprint density at radius 1 is 1.50 bits per heavy atom. The van der Waals surface area contributed by atoms with Crippen molar-refractivity contribution in [1.82, 2.24) is 0 Å². The predicted molar refractivity (Wildman–Crippen MR) is 70.4 cm³/mol. The monoisotopic (exact) mass is 246 g/mol. The van der Waals surface area contributed by atoms with Gasteiger partial charge in [-0.15, -0.1) is 0 Å². The van der Waals surface area contributed by atoms with Crippen molar-refractivity contribution >= 4 is 11.7 Å². The highest BCUT2D eigenvalue weighted by molar-refractivity contribution is 5.79. The summed E-state index contributed by atoms with van der Waals surface area (Å²) in [6.07, 6.45) is 0.522. The molecule has 0 aliphatic carbocycles. The number of carbonyl (C=O) groups is 1. The van der Waals surface area contributed by atoms with Crippen molar-refractivity contribution < 1.29 is 9.90 Å². The van der Waals surface area contributed by atoms with E-state index in [2.05, 4.69) is 11.4 Å². The lowest BCUT2D eigenvalue weighted by Gasteiger charge is -2.19. The number of aliphatic carboxylic acids is 1. The molecule has 18 heavy (non-hydrogen) atoms. The molecule has 0 bridgehead atoms. The maximum Gasteiger partial charge on any atom is 0.326 e. The van der Waals surface area contributed by atoms with Gasteiger partial charge in [-0.3, -0.25) is 0 Å². The third kappa shape index (κ3) is 3.49. The van der Waals surface area contributed by atoms with Gasteiger partial charge in [0, 0.05) is 0 Å². The Labute approximate surface area is 107 Å². The Balaban J connectivity index is 3.01. The van der Waals surface area contributed by atoms with Crippen LogP contribution in [0.1, 0.15) is 31.4 Å². The second-order valence-electron chi connectivity index (χ2n) is 4.77. The number of hydrogen-bond acceptors (Lipinski definition) is 3. The summed E-state index contributed by atoms with van der Waals surface area (Å²) in [5.41, 5.74) is 1.97. The first-order valence-electron chi connectivity index (χ1n) is 5.94. The van der Waals surface area contributed by atoms with E-state index in [1.807, 2.05) is 26.8 Å². The van der Waals surface area contributed by atoms with Crippen LogP contribution in [0.2, 0.25) is 0 Å². The molecule has 1 unspecified atom stereocenters. The minimum Gasteiger partial charge on any atom is -0.480 e. The molecule has 1 rings (SSSR count). The summed E-state index contributed by atoms with van der Waals surface area (Å²) in [7, 11) is 0. The Kier molecular flexibility index (Phi) is 4.73. The Hall–Kier alpha value is -2.02. The highest BCUT2D eigenvalue weighted by atomic mass is 16.4.